The van der Waals surface area contributed by atoms with E-state index in [1.807, 2.05) is 24.3 Å². The van der Waals surface area contributed by atoms with Crippen LogP contribution in [0.1, 0.15) is 79.3 Å². The van der Waals surface area contributed by atoms with Crippen molar-refractivity contribution in [2.24, 2.45) is 17.3 Å². The monoisotopic (exact) mass is 501 g/mol. The molecule has 5 atom stereocenters. The van der Waals surface area contributed by atoms with Crippen LogP contribution >= 0.6 is 0 Å². The average molecular weight is 502 g/mol. The zero-order chi connectivity index (χ0) is 25.8. The molecule has 1 unspecified atom stereocenters. The first-order valence-corrected chi connectivity index (χ1v) is 13.9. The maximum Gasteiger partial charge on any atom is 0.343 e. The first kappa shape index (κ1) is 25.7. The van der Waals surface area contributed by atoms with Gasteiger partial charge in [0, 0.05) is 13.2 Å². The summed E-state index contributed by atoms with van der Waals surface area (Å²) in [4.78, 5) is 23.8. The van der Waals surface area contributed by atoms with Crippen LogP contribution in [0.15, 0.2) is 61.2 Å². The van der Waals surface area contributed by atoms with Gasteiger partial charge in [-0.2, -0.15) is 0 Å². The number of benzene rings is 2. The number of carbonyl (C=O) groups is 2. The number of carbonyl (C=O) groups excluding carboxylic acids is 2. The van der Waals surface area contributed by atoms with Crippen molar-refractivity contribution in [3.05, 3.63) is 77.9 Å². The summed E-state index contributed by atoms with van der Waals surface area (Å²) in [6.45, 7) is 7.39. The number of fused-ring (bicyclic) bond motifs is 5. The zero-order valence-corrected chi connectivity index (χ0v) is 21.9. The number of rotatable bonds is 9. The second kappa shape index (κ2) is 11.2. The van der Waals surface area contributed by atoms with Crippen LogP contribution in [0, 0.1) is 17.3 Å². The van der Waals surface area contributed by atoms with E-state index in [0.29, 0.717) is 41.7 Å². The second-order valence-corrected chi connectivity index (χ2v) is 11.2. The summed E-state index contributed by atoms with van der Waals surface area (Å²) in [5.41, 5.74) is 3.63. The molecule has 1 amide bonds. The van der Waals surface area contributed by atoms with Gasteiger partial charge in [-0.25, -0.2) is 4.79 Å². The summed E-state index contributed by atoms with van der Waals surface area (Å²) in [6.07, 6.45) is 10.6. The number of hydrogen-bond acceptors (Lipinski definition) is 4. The first-order valence-electron chi connectivity index (χ1n) is 13.9. The number of unbranched alkanes of at least 4 members (excludes halogenated alkanes) is 1. The Kier molecular flexibility index (Phi) is 7.80. The van der Waals surface area contributed by atoms with Gasteiger partial charge in [-0.05, 0) is 116 Å². The molecule has 0 heterocycles. The number of nitrogens with one attached hydrogen (secondary N) is 1. The number of esters is 1. The molecule has 2 saturated carbocycles. The highest BCUT2D eigenvalue weighted by atomic mass is 16.5. The number of aryl methyl sites for hydroxylation is 1. The lowest BCUT2D eigenvalue weighted by molar-refractivity contribution is -0.116. The van der Waals surface area contributed by atoms with E-state index in [4.69, 9.17) is 9.47 Å². The van der Waals surface area contributed by atoms with Crippen LogP contribution < -0.4 is 10.1 Å². The standard InChI is InChI=1S/C32H39NO4/c1-3-30(34)33-19-7-8-20-36-29-16-15-28-27-13-11-23-21-24(37-31(35)22-9-5-4-6-10-22)12-14-25(23)26(27)17-18-32(28,29)2/h3-6,9-10,12,14,21,26-29H,1,7-8,11,13,15-20H2,2H3,(H,33,34)/t26-,27-,28+,29?,32+/m1/s1. The lowest BCUT2D eigenvalue weighted by Gasteiger charge is -2.50. The number of ether oxygens (including phenoxy) is 2. The highest BCUT2D eigenvalue weighted by molar-refractivity contribution is 5.91. The lowest BCUT2D eigenvalue weighted by atomic mass is 9.55. The van der Waals surface area contributed by atoms with Crippen molar-refractivity contribution in [3.8, 4) is 5.75 Å². The molecule has 5 nitrogen and oxygen atoms in total. The van der Waals surface area contributed by atoms with Crippen molar-refractivity contribution in [3.63, 3.8) is 0 Å². The Morgan fingerprint density at radius 2 is 1.92 bits per heavy atom. The highest BCUT2D eigenvalue weighted by Crippen LogP contribution is 2.61. The smallest absolute Gasteiger partial charge is 0.343 e. The van der Waals surface area contributed by atoms with Gasteiger partial charge in [-0.15, -0.1) is 0 Å². The fraction of sp³-hybridized carbons (Fsp3) is 0.500. The average Bonchev–Trinajstić information content (AvgIpc) is 3.26. The molecule has 0 spiro atoms. The van der Waals surface area contributed by atoms with E-state index in [2.05, 4.69) is 31.0 Å². The van der Waals surface area contributed by atoms with E-state index in [1.54, 1.807) is 12.1 Å². The van der Waals surface area contributed by atoms with Crippen LogP contribution in [0.3, 0.4) is 0 Å². The quantitative estimate of drug-likeness (QED) is 0.191. The van der Waals surface area contributed by atoms with Gasteiger partial charge >= 0.3 is 5.97 Å². The van der Waals surface area contributed by atoms with Gasteiger partial charge in [0.15, 0.2) is 0 Å². The fourth-order valence-electron chi connectivity index (χ4n) is 7.32. The van der Waals surface area contributed by atoms with Gasteiger partial charge < -0.3 is 14.8 Å². The summed E-state index contributed by atoms with van der Waals surface area (Å²) in [5, 5.41) is 2.84. The molecule has 0 aromatic heterocycles. The Labute approximate surface area is 220 Å². The second-order valence-electron chi connectivity index (χ2n) is 11.2. The fourth-order valence-corrected chi connectivity index (χ4v) is 7.32. The molecule has 0 radical (unpaired) electrons. The van der Waals surface area contributed by atoms with Gasteiger partial charge in [0.25, 0.3) is 0 Å². The lowest BCUT2D eigenvalue weighted by Crippen LogP contribution is -2.44. The first-order chi connectivity index (χ1) is 18.0. The zero-order valence-electron chi connectivity index (χ0n) is 21.9. The van der Waals surface area contributed by atoms with Crippen molar-refractivity contribution < 1.29 is 19.1 Å². The van der Waals surface area contributed by atoms with Crippen LogP contribution in [0.2, 0.25) is 0 Å². The molecule has 2 aromatic rings. The molecule has 37 heavy (non-hydrogen) atoms. The Bertz CT molecular complexity index is 1130. The van der Waals surface area contributed by atoms with Gasteiger partial charge in [0.05, 0.1) is 11.7 Å². The Morgan fingerprint density at radius 3 is 2.73 bits per heavy atom. The molecular weight excluding hydrogens is 462 g/mol. The summed E-state index contributed by atoms with van der Waals surface area (Å²) >= 11 is 0. The third kappa shape index (κ3) is 5.38. The van der Waals surface area contributed by atoms with E-state index < -0.39 is 0 Å². The van der Waals surface area contributed by atoms with Crippen molar-refractivity contribution >= 4 is 11.9 Å². The summed E-state index contributed by atoms with van der Waals surface area (Å²) in [7, 11) is 0. The molecule has 196 valence electrons. The number of amides is 1. The van der Waals surface area contributed by atoms with Crippen molar-refractivity contribution in [2.45, 2.75) is 70.3 Å². The molecule has 5 rings (SSSR count). The van der Waals surface area contributed by atoms with Crippen LogP contribution in [0.4, 0.5) is 0 Å². The van der Waals surface area contributed by atoms with Crippen LogP contribution in [0.25, 0.3) is 0 Å². The van der Waals surface area contributed by atoms with Crippen LogP contribution in [-0.4, -0.2) is 31.1 Å². The third-order valence-electron chi connectivity index (χ3n) is 9.21. The minimum atomic E-state index is -0.304. The van der Waals surface area contributed by atoms with E-state index in [0.717, 1.165) is 32.3 Å². The van der Waals surface area contributed by atoms with E-state index in [9.17, 15) is 9.59 Å². The molecule has 0 saturated heterocycles. The van der Waals surface area contributed by atoms with Crippen LogP contribution in [-0.2, 0) is 16.0 Å². The summed E-state index contributed by atoms with van der Waals surface area (Å²) in [5.74, 6) is 2.22. The Balaban J connectivity index is 1.18. The predicted octanol–water partition coefficient (Wildman–Crippen LogP) is 6.23. The van der Waals surface area contributed by atoms with E-state index in [-0.39, 0.29) is 17.3 Å². The molecule has 3 aliphatic carbocycles. The largest absolute Gasteiger partial charge is 0.423 e. The third-order valence-corrected chi connectivity index (χ3v) is 9.21. The normalized spacial score (nSPS) is 27.9. The number of hydrogen-bond donors (Lipinski definition) is 1. The van der Waals surface area contributed by atoms with Crippen molar-refractivity contribution in [1.82, 2.24) is 5.32 Å². The Morgan fingerprint density at radius 1 is 1.08 bits per heavy atom. The highest BCUT2D eigenvalue weighted by Gasteiger charge is 2.55. The van der Waals surface area contributed by atoms with Crippen molar-refractivity contribution in [2.75, 3.05) is 13.2 Å². The molecular formula is C32H39NO4. The Hall–Kier alpha value is -2.92. The molecule has 0 aliphatic heterocycles. The summed E-state index contributed by atoms with van der Waals surface area (Å²) < 4.78 is 12.2. The van der Waals surface area contributed by atoms with Crippen molar-refractivity contribution in [1.29, 1.82) is 0 Å². The van der Waals surface area contributed by atoms with Gasteiger partial charge in [0.2, 0.25) is 5.91 Å². The van der Waals surface area contributed by atoms with Gasteiger partial charge in [-0.1, -0.05) is 37.8 Å². The topological polar surface area (TPSA) is 64.6 Å². The SMILES string of the molecule is C=CC(=O)NCCCCOC1CC[C@H]2[C@@H]3CCc4cc(OC(=O)c5ccccc5)ccc4[C@H]3CC[C@]12C. The molecule has 5 heteroatoms. The summed E-state index contributed by atoms with van der Waals surface area (Å²) in [6, 6.07) is 15.5. The molecule has 0 bridgehead atoms. The van der Waals surface area contributed by atoms with Crippen LogP contribution in [0.5, 0.6) is 5.75 Å². The minimum absolute atomic E-state index is 0.109. The molecule has 3 aliphatic rings. The van der Waals surface area contributed by atoms with E-state index >= 15 is 0 Å². The molecule has 1 N–H and O–H groups in total. The minimum Gasteiger partial charge on any atom is -0.423 e. The molecule has 2 fully saturated rings. The molecule has 2 aromatic carbocycles. The maximum atomic E-state index is 12.5. The predicted molar refractivity (Wildman–Crippen MR) is 145 cm³/mol. The van der Waals surface area contributed by atoms with Gasteiger partial charge in [0.1, 0.15) is 5.75 Å². The van der Waals surface area contributed by atoms with E-state index in [1.165, 1.54) is 42.9 Å². The van der Waals surface area contributed by atoms with Gasteiger partial charge in [-0.3, -0.25) is 4.79 Å². The maximum absolute atomic E-state index is 12.5.